The Hall–Kier alpha value is -3.04. The predicted octanol–water partition coefficient (Wildman–Crippen LogP) is 2.84. The number of fused-ring (bicyclic) bond motifs is 2. The first-order chi connectivity index (χ1) is 14.2. The lowest BCUT2D eigenvalue weighted by Crippen LogP contribution is -2.19. The second-order valence-corrected chi connectivity index (χ2v) is 7.14. The Morgan fingerprint density at radius 1 is 1.10 bits per heavy atom. The van der Waals surface area contributed by atoms with E-state index in [1.165, 1.54) is 11.3 Å². The maximum Gasteiger partial charge on any atom is 0.279 e. The third-order valence-electron chi connectivity index (χ3n) is 4.53. The van der Waals surface area contributed by atoms with Gasteiger partial charge in [-0.2, -0.15) is 4.99 Å². The van der Waals surface area contributed by atoms with Gasteiger partial charge in [-0.05, 0) is 30.3 Å². The predicted molar refractivity (Wildman–Crippen MR) is 107 cm³/mol. The van der Waals surface area contributed by atoms with E-state index in [9.17, 15) is 4.79 Å². The van der Waals surface area contributed by atoms with Crippen LogP contribution in [0, 0.1) is 0 Å². The minimum Gasteiger partial charge on any atom is -0.495 e. The molecule has 2 aromatic carbocycles. The molecular formula is C20H20N2O6S. The van der Waals surface area contributed by atoms with Crippen LogP contribution in [0.4, 0.5) is 0 Å². The van der Waals surface area contributed by atoms with Crippen molar-refractivity contribution in [2.75, 3.05) is 34.7 Å². The minimum absolute atomic E-state index is 0.150. The number of hydrogen-bond acceptors (Lipinski definition) is 7. The van der Waals surface area contributed by atoms with Crippen LogP contribution in [0.15, 0.2) is 35.3 Å². The van der Waals surface area contributed by atoms with E-state index in [1.54, 1.807) is 39.5 Å². The quantitative estimate of drug-likeness (QED) is 0.615. The fourth-order valence-corrected chi connectivity index (χ4v) is 4.27. The van der Waals surface area contributed by atoms with Crippen LogP contribution < -0.4 is 23.7 Å². The van der Waals surface area contributed by atoms with Gasteiger partial charge in [0.1, 0.15) is 21.7 Å². The molecule has 1 aliphatic rings. The molecule has 0 saturated heterocycles. The molecule has 0 saturated carbocycles. The van der Waals surface area contributed by atoms with Crippen molar-refractivity contribution >= 4 is 27.5 Å². The number of ether oxygens (including phenoxy) is 5. The number of thiazole rings is 1. The Morgan fingerprint density at radius 2 is 1.86 bits per heavy atom. The van der Waals surface area contributed by atoms with Gasteiger partial charge in [0.05, 0.1) is 20.8 Å². The molecule has 152 valence electrons. The maximum atomic E-state index is 12.9. The molecule has 3 aromatic rings. The molecule has 0 N–H and O–H groups in total. The first kappa shape index (κ1) is 19.3. The van der Waals surface area contributed by atoms with Crippen molar-refractivity contribution < 1.29 is 28.5 Å². The SMILES string of the molecule is COCCn1c(=NC(=O)c2ccc3c(c2)OCO3)sc2c(OC)ccc(OC)c21. The van der Waals surface area contributed by atoms with Gasteiger partial charge < -0.3 is 28.3 Å². The Balaban J connectivity index is 1.86. The number of hydrogen-bond donors (Lipinski definition) is 0. The molecule has 1 aliphatic heterocycles. The summed E-state index contributed by atoms with van der Waals surface area (Å²) in [5.41, 5.74) is 1.23. The zero-order chi connectivity index (χ0) is 20.4. The molecule has 2 heterocycles. The average molecular weight is 416 g/mol. The molecule has 0 fully saturated rings. The van der Waals surface area contributed by atoms with Crippen LogP contribution in [-0.4, -0.2) is 45.2 Å². The van der Waals surface area contributed by atoms with Gasteiger partial charge in [-0.3, -0.25) is 4.79 Å². The summed E-state index contributed by atoms with van der Waals surface area (Å²) in [7, 11) is 4.84. The van der Waals surface area contributed by atoms with Crippen LogP contribution in [0.25, 0.3) is 10.2 Å². The summed E-state index contributed by atoms with van der Waals surface area (Å²) in [5.74, 6) is 2.14. The molecule has 9 heteroatoms. The molecule has 1 aromatic heterocycles. The van der Waals surface area contributed by atoms with Gasteiger partial charge in [-0.15, -0.1) is 0 Å². The molecule has 0 spiro atoms. The molecule has 0 bridgehead atoms. The van der Waals surface area contributed by atoms with E-state index in [2.05, 4.69) is 4.99 Å². The number of rotatable bonds is 6. The number of aromatic nitrogens is 1. The second-order valence-electron chi connectivity index (χ2n) is 6.16. The van der Waals surface area contributed by atoms with E-state index in [1.807, 2.05) is 16.7 Å². The van der Waals surface area contributed by atoms with Crippen molar-refractivity contribution in [1.82, 2.24) is 4.57 Å². The smallest absolute Gasteiger partial charge is 0.279 e. The second kappa shape index (κ2) is 8.14. The molecule has 1 amide bonds. The van der Waals surface area contributed by atoms with Crippen LogP contribution in [0.5, 0.6) is 23.0 Å². The maximum absolute atomic E-state index is 12.9. The summed E-state index contributed by atoms with van der Waals surface area (Å²) in [6, 6.07) is 8.69. The van der Waals surface area contributed by atoms with Crippen molar-refractivity contribution in [2.24, 2.45) is 4.99 Å². The number of carbonyl (C=O) groups is 1. The number of nitrogens with zero attached hydrogens (tertiary/aromatic N) is 2. The molecule has 0 radical (unpaired) electrons. The number of benzene rings is 2. The lowest BCUT2D eigenvalue weighted by molar-refractivity contribution is 0.0997. The van der Waals surface area contributed by atoms with E-state index in [0.717, 1.165) is 10.2 Å². The fourth-order valence-electron chi connectivity index (χ4n) is 3.11. The summed E-state index contributed by atoms with van der Waals surface area (Å²) in [5, 5.41) is 0. The van der Waals surface area contributed by atoms with E-state index < -0.39 is 0 Å². The Labute approximate surface area is 170 Å². The largest absolute Gasteiger partial charge is 0.495 e. The summed E-state index contributed by atoms with van der Waals surface area (Å²) in [6.07, 6.45) is 0. The molecule has 8 nitrogen and oxygen atoms in total. The highest BCUT2D eigenvalue weighted by atomic mass is 32.1. The van der Waals surface area contributed by atoms with Gasteiger partial charge in [-0.1, -0.05) is 11.3 Å². The highest BCUT2D eigenvalue weighted by Gasteiger charge is 2.19. The Bertz CT molecular complexity index is 1130. The third-order valence-corrected chi connectivity index (χ3v) is 5.62. The standard InChI is InChI=1S/C20H20N2O6S/c1-24-9-8-22-17-14(25-2)6-7-15(26-3)18(17)29-20(22)21-19(23)12-4-5-13-16(10-12)28-11-27-13/h4-7,10H,8-9,11H2,1-3H3. The lowest BCUT2D eigenvalue weighted by atomic mass is 10.2. The molecule has 4 rings (SSSR count). The monoisotopic (exact) mass is 416 g/mol. The first-order valence-electron chi connectivity index (χ1n) is 8.88. The van der Waals surface area contributed by atoms with Crippen molar-refractivity contribution in [3.05, 3.63) is 40.7 Å². The fraction of sp³-hybridized carbons (Fsp3) is 0.300. The summed E-state index contributed by atoms with van der Waals surface area (Å²) in [6.45, 7) is 1.11. The van der Waals surface area contributed by atoms with Gasteiger partial charge >= 0.3 is 0 Å². The highest BCUT2D eigenvalue weighted by Crippen LogP contribution is 2.35. The number of amides is 1. The summed E-state index contributed by atoms with van der Waals surface area (Å²) >= 11 is 1.36. The third kappa shape index (κ3) is 3.54. The molecule has 0 unspecified atom stereocenters. The van der Waals surface area contributed by atoms with Gasteiger partial charge in [0.25, 0.3) is 5.91 Å². The van der Waals surface area contributed by atoms with Crippen LogP contribution in [0.3, 0.4) is 0 Å². The van der Waals surface area contributed by atoms with Crippen molar-refractivity contribution in [3.63, 3.8) is 0 Å². The van der Waals surface area contributed by atoms with Gasteiger partial charge in [0, 0.05) is 19.2 Å². The molecule has 0 atom stereocenters. The van der Waals surface area contributed by atoms with Crippen molar-refractivity contribution in [3.8, 4) is 23.0 Å². The Morgan fingerprint density at radius 3 is 2.62 bits per heavy atom. The number of carbonyl (C=O) groups excluding carboxylic acids is 1. The molecular weight excluding hydrogens is 396 g/mol. The number of methoxy groups -OCH3 is 3. The molecule has 0 aliphatic carbocycles. The van der Waals surface area contributed by atoms with Gasteiger partial charge in [0.15, 0.2) is 16.3 Å². The van der Waals surface area contributed by atoms with E-state index >= 15 is 0 Å². The van der Waals surface area contributed by atoms with Crippen molar-refractivity contribution in [2.45, 2.75) is 6.54 Å². The van der Waals surface area contributed by atoms with Gasteiger partial charge in [0.2, 0.25) is 6.79 Å². The van der Waals surface area contributed by atoms with E-state index in [0.29, 0.717) is 46.5 Å². The zero-order valence-electron chi connectivity index (χ0n) is 16.3. The normalized spacial score (nSPS) is 13.1. The topological polar surface area (TPSA) is 80.5 Å². The van der Waals surface area contributed by atoms with Crippen LogP contribution in [0.2, 0.25) is 0 Å². The minimum atomic E-state index is -0.376. The zero-order valence-corrected chi connectivity index (χ0v) is 17.1. The van der Waals surface area contributed by atoms with Crippen LogP contribution >= 0.6 is 11.3 Å². The van der Waals surface area contributed by atoms with E-state index in [-0.39, 0.29) is 12.7 Å². The van der Waals surface area contributed by atoms with Gasteiger partial charge in [-0.25, -0.2) is 0 Å². The summed E-state index contributed by atoms with van der Waals surface area (Å²) in [4.78, 5) is 17.8. The van der Waals surface area contributed by atoms with Crippen LogP contribution in [-0.2, 0) is 11.3 Å². The Kier molecular flexibility index (Phi) is 5.41. The van der Waals surface area contributed by atoms with Crippen LogP contribution in [0.1, 0.15) is 10.4 Å². The first-order valence-corrected chi connectivity index (χ1v) is 9.70. The average Bonchev–Trinajstić information content (AvgIpc) is 3.35. The van der Waals surface area contributed by atoms with E-state index in [4.69, 9.17) is 23.7 Å². The molecule has 29 heavy (non-hydrogen) atoms. The van der Waals surface area contributed by atoms with Crippen molar-refractivity contribution in [1.29, 1.82) is 0 Å². The summed E-state index contributed by atoms with van der Waals surface area (Å²) < 4.78 is 29.7. The highest BCUT2D eigenvalue weighted by molar-refractivity contribution is 7.16. The lowest BCUT2D eigenvalue weighted by Gasteiger charge is -2.09.